The summed E-state index contributed by atoms with van der Waals surface area (Å²) in [6, 6.07) is 17.7. The molecular formula is C21H19N3O2. The van der Waals surface area contributed by atoms with Crippen molar-refractivity contribution in [3.05, 3.63) is 65.9 Å². The molecule has 0 fully saturated rings. The second kappa shape index (κ2) is 6.52. The van der Waals surface area contributed by atoms with Gasteiger partial charge in [0, 0.05) is 11.3 Å². The highest BCUT2D eigenvalue weighted by atomic mass is 16.5. The maximum atomic E-state index is 12.6. The summed E-state index contributed by atoms with van der Waals surface area (Å²) in [4.78, 5) is 24.0. The van der Waals surface area contributed by atoms with Gasteiger partial charge >= 0.3 is 5.97 Å². The third-order valence-electron chi connectivity index (χ3n) is 4.36. The van der Waals surface area contributed by atoms with E-state index in [2.05, 4.69) is 15.0 Å². The number of aryl methyl sites for hydroxylation is 1. The molecule has 2 N–H and O–H groups in total. The van der Waals surface area contributed by atoms with Gasteiger partial charge in [-0.05, 0) is 31.5 Å². The first kappa shape index (κ1) is 16.1. The minimum Gasteiger partial charge on any atom is -0.462 e. The van der Waals surface area contributed by atoms with Crippen molar-refractivity contribution in [1.82, 2.24) is 15.0 Å². The zero-order valence-corrected chi connectivity index (χ0v) is 14.7. The van der Waals surface area contributed by atoms with Gasteiger partial charge in [0.1, 0.15) is 0 Å². The fourth-order valence-electron chi connectivity index (χ4n) is 3.23. The standard InChI is InChI=1S/C21H19N3O2/c1-3-26-21(25)17-13(2)22-19(18(17)14-9-5-4-6-10-14)20-23-15-11-7-8-12-16(15)24-20/h4-12,22H,3H2,1-2H3,(H,23,24). The van der Waals surface area contributed by atoms with Crippen LogP contribution in [-0.4, -0.2) is 27.5 Å². The number of imidazole rings is 1. The number of nitrogens with one attached hydrogen (secondary N) is 2. The molecule has 0 atom stereocenters. The topological polar surface area (TPSA) is 70.8 Å². The Labute approximate surface area is 151 Å². The fraction of sp³-hybridized carbons (Fsp3) is 0.143. The molecule has 2 aromatic heterocycles. The molecule has 5 heteroatoms. The number of para-hydroxylation sites is 2. The molecule has 0 aliphatic rings. The quantitative estimate of drug-likeness (QED) is 0.526. The molecule has 0 aliphatic carbocycles. The van der Waals surface area contributed by atoms with Crippen molar-refractivity contribution in [1.29, 1.82) is 0 Å². The number of rotatable bonds is 4. The number of hydrogen-bond donors (Lipinski definition) is 2. The van der Waals surface area contributed by atoms with Gasteiger partial charge < -0.3 is 14.7 Å². The number of nitrogens with zero attached hydrogens (tertiary/aromatic N) is 1. The molecule has 130 valence electrons. The smallest absolute Gasteiger partial charge is 0.340 e. The van der Waals surface area contributed by atoms with E-state index in [0.29, 0.717) is 18.0 Å². The SMILES string of the molecule is CCOC(=O)c1c(C)[nH]c(-c2nc3ccccc3[nH]2)c1-c1ccccc1. The average Bonchev–Trinajstić information content (AvgIpc) is 3.23. The lowest BCUT2D eigenvalue weighted by atomic mass is 10.00. The minimum atomic E-state index is -0.331. The Kier molecular flexibility index (Phi) is 4.05. The van der Waals surface area contributed by atoms with E-state index >= 15 is 0 Å². The maximum Gasteiger partial charge on any atom is 0.340 e. The first-order valence-electron chi connectivity index (χ1n) is 8.59. The van der Waals surface area contributed by atoms with E-state index in [9.17, 15) is 4.79 Å². The fourth-order valence-corrected chi connectivity index (χ4v) is 3.23. The predicted octanol–water partition coefficient (Wildman–Crippen LogP) is 4.71. The number of fused-ring (bicyclic) bond motifs is 1. The van der Waals surface area contributed by atoms with E-state index in [4.69, 9.17) is 4.74 Å². The molecule has 0 saturated carbocycles. The van der Waals surface area contributed by atoms with Gasteiger partial charge in [-0.15, -0.1) is 0 Å². The molecule has 2 aromatic carbocycles. The molecule has 0 bridgehead atoms. The van der Waals surface area contributed by atoms with E-state index in [-0.39, 0.29) is 5.97 Å². The summed E-state index contributed by atoms with van der Waals surface area (Å²) in [6.07, 6.45) is 0. The van der Waals surface area contributed by atoms with Crippen LogP contribution in [0, 0.1) is 6.92 Å². The van der Waals surface area contributed by atoms with Crippen LogP contribution in [-0.2, 0) is 4.74 Å². The van der Waals surface area contributed by atoms with Crippen LogP contribution >= 0.6 is 0 Å². The molecule has 4 aromatic rings. The zero-order chi connectivity index (χ0) is 18.1. The van der Waals surface area contributed by atoms with Crippen molar-refractivity contribution in [3.8, 4) is 22.6 Å². The number of aromatic amines is 2. The number of hydrogen-bond acceptors (Lipinski definition) is 3. The van der Waals surface area contributed by atoms with E-state index < -0.39 is 0 Å². The third kappa shape index (κ3) is 2.67. The van der Waals surface area contributed by atoms with Crippen LogP contribution in [0.4, 0.5) is 0 Å². The van der Waals surface area contributed by atoms with Crippen molar-refractivity contribution in [2.45, 2.75) is 13.8 Å². The molecule has 0 unspecified atom stereocenters. The van der Waals surface area contributed by atoms with Gasteiger partial charge in [0.05, 0.1) is 28.9 Å². The van der Waals surface area contributed by atoms with Gasteiger partial charge in [0.2, 0.25) is 0 Å². The Morgan fingerprint density at radius 3 is 2.50 bits per heavy atom. The molecule has 0 spiro atoms. The second-order valence-corrected chi connectivity index (χ2v) is 6.06. The number of H-pyrrole nitrogens is 2. The Bertz CT molecular complexity index is 1040. The largest absolute Gasteiger partial charge is 0.462 e. The number of aromatic nitrogens is 3. The summed E-state index contributed by atoms with van der Waals surface area (Å²) < 4.78 is 5.29. The third-order valence-corrected chi connectivity index (χ3v) is 4.36. The average molecular weight is 345 g/mol. The zero-order valence-electron chi connectivity index (χ0n) is 14.7. The number of ether oxygens (including phenoxy) is 1. The Morgan fingerprint density at radius 2 is 1.77 bits per heavy atom. The minimum absolute atomic E-state index is 0.331. The van der Waals surface area contributed by atoms with Crippen molar-refractivity contribution in [3.63, 3.8) is 0 Å². The first-order chi connectivity index (χ1) is 12.7. The van der Waals surface area contributed by atoms with E-state index in [1.54, 1.807) is 0 Å². The summed E-state index contributed by atoms with van der Waals surface area (Å²) in [5, 5.41) is 0. The van der Waals surface area contributed by atoms with Crippen LogP contribution in [0.1, 0.15) is 23.0 Å². The highest BCUT2D eigenvalue weighted by Gasteiger charge is 2.25. The molecule has 0 amide bonds. The van der Waals surface area contributed by atoms with Gasteiger partial charge in [-0.2, -0.15) is 0 Å². The number of carbonyl (C=O) groups is 1. The lowest BCUT2D eigenvalue weighted by Gasteiger charge is -2.07. The number of esters is 1. The molecule has 5 nitrogen and oxygen atoms in total. The van der Waals surface area contributed by atoms with Crippen LogP contribution in [0.25, 0.3) is 33.7 Å². The van der Waals surface area contributed by atoms with Crippen LogP contribution in [0.3, 0.4) is 0 Å². The van der Waals surface area contributed by atoms with Gasteiger partial charge in [0.15, 0.2) is 5.82 Å². The molecule has 2 heterocycles. The van der Waals surface area contributed by atoms with Crippen LogP contribution in [0.15, 0.2) is 54.6 Å². The summed E-state index contributed by atoms with van der Waals surface area (Å²) in [5.41, 5.74) is 5.67. The molecular weight excluding hydrogens is 326 g/mol. The highest BCUT2D eigenvalue weighted by Crippen LogP contribution is 2.36. The van der Waals surface area contributed by atoms with Gasteiger partial charge in [-0.25, -0.2) is 9.78 Å². The molecule has 4 rings (SSSR count). The summed E-state index contributed by atoms with van der Waals surface area (Å²) in [5.74, 6) is 0.367. The maximum absolute atomic E-state index is 12.6. The Morgan fingerprint density at radius 1 is 1.04 bits per heavy atom. The molecule has 0 aliphatic heterocycles. The molecule has 0 saturated heterocycles. The first-order valence-corrected chi connectivity index (χ1v) is 8.59. The molecule has 0 radical (unpaired) electrons. The van der Waals surface area contributed by atoms with Crippen molar-refractivity contribution < 1.29 is 9.53 Å². The van der Waals surface area contributed by atoms with Crippen LogP contribution in [0.2, 0.25) is 0 Å². The predicted molar refractivity (Wildman–Crippen MR) is 102 cm³/mol. The van der Waals surface area contributed by atoms with Crippen LogP contribution in [0.5, 0.6) is 0 Å². The number of benzene rings is 2. The summed E-state index contributed by atoms with van der Waals surface area (Å²) >= 11 is 0. The van der Waals surface area contributed by atoms with Crippen molar-refractivity contribution in [2.24, 2.45) is 0 Å². The van der Waals surface area contributed by atoms with Crippen molar-refractivity contribution >= 4 is 17.0 Å². The van der Waals surface area contributed by atoms with E-state index in [1.165, 1.54) is 0 Å². The summed E-state index contributed by atoms with van der Waals surface area (Å²) in [7, 11) is 0. The number of carbonyl (C=O) groups excluding carboxylic acids is 1. The van der Waals surface area contributed by atoms with E-state index in [0.717, 1.165) is 33.5 Å². The Hall–Kier alpha value is -3.34. The molecule has 26 heavy (non-hydrogen) atoms. The second-order valence-electron chi connectivity index (χ2n) is 6.06. The highest BCUT2D eigenvalue weighted by molar-refractivity contribution is 6.03. The monoisotopic (exact) mass is 345 g/mol. The van der Waals surface area contributed by atoms with E-state index in [1.807, 2.05) is 68.4 Å². The van der Waals surface area contributed by atoms with Crippen LogP contribution < -0.4 is 0 Å². The van der Waals surface area contributed by atoms with Gasteiger partial charge in [-0.3, -0.25) is 0 Å². The lowest BCUT2D eigenvalue weighted by Crippen LogP contribution is -2.06. The van der Waals surface area contributed by atoms with Gasteiger partial charge in [0.25, 0.3) is 0 Å². The summed E-state index contributed by atoms with van der Waals surface area (Å²) in [6.45, 7) is 4.02. The normalized spacial score (nSPS) is 11.0. The van der Waals surface area contributed by atoms with Crippen molar-refractivity contribution in [2.75, 3.05) is 6.61 Å². The Balaban J connectivity index is 1.97. The van der Waals surface area contributed by atoms with Gasteiger partial charge in [-0.1, -0.05) is 42.5 Å². The lowest BCUT2D eigenvalue weighted by molar-refractivity contribution is 0.0526.